The van der Waals surface area contributed by atoms with E-state index >= 15 is 0 Å². The van der Waals surface area contributed by atoms with E-state index in [1.54, 1.807) is 0 Å². The highest BCUT2D eigenvalue weighted by atomic mass is 32.2. The molecule has 0 aromatic carbocycles. The van der Waals surface area contributed by atoms with Gasteiger partial charge in [0.15, 0.2) is 5.03 Å². The Hall–Kier alpha value is -0.960. The Morgan fingerprint density at radius 2 is 2.39 bits per heavy atom. The number of H-pyrrole nitrogens is 1. The minimum atomic E-state index is -3.68. The van der Waals surface area contributed by atoms with Crippen LogP contribution in [0.2, 0.25) is 0 Å². The summed E-state index contributed by atoms with van der Waals surface area (Å²) in [6.45, 7) is 2.04. The summed E-state index contributed by atoms with van der Waals surface area (Å²) >= 11 is 0. The molecule has 1 aromatic heterocycles. The second kappa shape index (κ2) is 4.96. The summed E-state index contributed by atoms with van der Waals surface area (Å²) in [4.78, 5) is 0. The van der Waals surface area contributed by atoms with Gasteiger partial charge in [-0.25, -0.2) is 8.42 Å². The first kappa shape index (κ1) is 13.5. The molecule has 2 atom stereocenters. The molecule has 102 valence electrons. The summed E-state index contributed by atoms with van der Waals surface area (Å²) in [5, 5.41) is 15.2. The molecule has 2 rings (SSSR count). The quantitative estimate of drug-likeness (QED) is 0.786. The number of aromatic amines is 1. The fraction of sp³-hybridized carbons (Fsp3) is 0.700. The molecule has 2 heterocycles. The van der Waals surface area contributed by atoms with Gasteiger partial charge in [0.2, 0.25) is 0 Å². The molecule has 0 aliphatic carbocycles. The summed E-state index contributed by atoms with van der Waals surface area (Å²) in [5.41, 5.74) is 0.272. The first-order chi connectivity index (χ1) is 8.48. The number of aromatic nitrogens is 2. The normalized spacial score (nSPS) is 24.9. The van der Waals surface area contributed by atoms with Crippen molar-refractivity contribution in [3.8, 4) is 0 Å². The number of aliphatic hydroxyl groups excluding tert-OH is 1. The number of hydrogen-bond acceptors (Lipinski definition) is 5. The van der Waals surface area contributed by atoms with Gasteiger partial charge in [-0.15, -0.1) is 0 Å². The summed E-state index contributed by atoms with van der Waals surface area (Å²) < 4.78 is 31.5. The molecule has 2 unspecified atom stereocenters. The smallest absolute Gasteiger partial charge is 0.260 e. The minimum absolute atomic E-state index is 0.0494. The topological polar surface area (TPSA) is 95.5 Å². The fourth-order valence-electron chi connectivity index (χ4n) is 2.16. The molecule has 1 fully saturated rings. The molecular formula is C10H17N3O4S. The maximum absolute atomic E-state index is 12.4. The minimum Gasteiger partial charge on any atom is -0.392 e. The molecule has 0 bridgehead atoms. The second-order valence-electron chi connectivity index (χ2n) is 4.34. The van der Waals surface area contributed by atoms with Gasteiger partial charge in [0.05, 0.1) is 24.9 Å². The van der Waals surface area contributed by atoms with Crippen LogP contribution < -0.4 is 0 Å². The highest BCUT2D eigenvalue weighted by Crippen LogP contribution is 2.25. The van der Waals surface area contributed by atoms with Crippen molar-refractivity contribution in [2.45, 2.75) is 37.1 Å². The molecular weight excluding hydrogens is 258 g/mol. The molecule has 7 nitrogen and oxygen atoms in total. The lowest BCUT2D eigenvalue weighted by Crippen LogP contribution is -2.41. The van der Waals surface area contributed by atoms with E-state index in [0.29, 0.717) is 13.0 Å². The van der Waals surface area contributed by atoms with E-state index in [2.05, 4.69) is 10.2 Å². The van der Waals surface area contributed by atoms with Crippen LogP contribution in [0.15, 0.2) is 11.2 Å². The van der Waals surface area contributed by atoms with E-state index < -0.39 is 10.0 Å². The van der Waals surface area contributed by atoms with E-state index in [1.165, 1.54) is 17.5 Å². The van der Waals surface area contributed by atoms with Gasteiger partial charge in [0.1, 0.15) is 0 Å². The van der Waals surface area contributed by atoms with Crippen LogP contribution in [0.5, 0.6) is 0 Å². The zero-order chi connectivity index (χ0) is 13.3. The van der Waals surface area contributed by atoms with Crippen LogP contribution in [-0.2, 0) is 21.4 Å². The molecule has 18 heavy (non-hydrogen) atoms. The Kier molecular flexibility index (Phi) is 3.71. The lowest BCUT2D eigenvalue weighted by molar-refractivity contribution is 0.102. The van der Waals surface area contributed by atoms with Crippen LogP contribution in [-0.4, -0.2) is 53.8 Å². The van der Waals surface area contributed by atoms with Crippen LogP contribution >= 0.6 is 0 Å². The molecule has 1 aliphatic heterocycles. The fourth-order valence-corrected chi connectivity index (χ4v) is 3.69. The van der Waals surface area contributed by atoms with Gasteiger partial charge < -0.3 is 9.84 Å². The van der Waals surface area contributed by atoms with Crippen molar-refractivity contribution in [3.63, 3.8) is 0 Å². The van der Waals surface area contributed by atoms with Crippen molar-refractivity contribution in [1.29, 1.82) is 0 Å². The average Bonchev–Trinajstić information content (AvgIpc) is 2.95. The lowest BCUT2D eigenvalue weighted by atomic mass is 10.2. The highest BCUT2D eigenvalue weighted by molar-refractivity contribution is 7.89. The van der Waals surface area contributed by atoms with Crippen molar-refractivity contribution in [2.75, 3.05) is 13.7 Å². The molecule has 1 saturated heterocycles. The van der Waals surface area contributed by atoms with Gasteiger partial charge in [-0.2, -0.15) is 9.40 Å². The first-order valence-corrected chi connectivity index (χ1v) is 7.15. The molecule has 8 heteroatoms. The van der Waals surface area contributed by atoms with Gasteiger partial charge in [0, 0.05) is 19.2 Å². The molecule has 0 amide bonds. The van der Waals surface area contributed by atoms with Gasteiger partial charge in [-0.3, -0.25) is 5.10 Å². The molecule has 0 radical (unpaired) electrons. The second-order valence-corrected chi connectivity index (χ2v) is 6.27. The summed E-state index contributed by atoms with van der Waals surface area (Å²) in [6, 6.07) is -0.190. The molecule has 0 spiro atoms. The van der Waals surface area contributed by atoms with Crippen LogP contribution in [0.4, 0.5) is 0 Å². The third-order valence-electron chi connectivity index (χ3n) is 3.29. The van der Waals surface area contributed by atoms with Crippen molar-refractivity contribution >= 4 is 10.0 Å². The monoisotopic (exact) mass is 275 g/mol. The Morgan fingerprint density at radius 1 is 1.67 bits per heavy atom. The van der Waals surface area contributed by atoms with E-state index in [0.717, 1.165) is 0 Å². The van der Waals surface area contributed by atoms with Crippen molar-refractivity contribution in [1.82, 2.24) is 14.5 Å². The number of aliphatic hydroxyl groups is 1. The SMILES string of the molecule is CC1OCCC1N(C)S(=O)(=O)c1[nH]ncc1CO. The zero-order valence-electron chi connectivity index (χ0n) is 10.3. The predicted molar refractivity (Wildman–Crippen MR) is 63.3 cm³/mol. The number of nitrogens with zero attached hydrogens (tertiary/aromatic N) is 2. The maximum atomic E-state index is 12.4. The van der Waals surface area contributed by atoms with Gasteiger partial charge in [-0.1, -0.05) is 0 Å². The van der Waals surface area contributed by atoms with Gasteiger partial charge >= 0.3 is 0 Å². The predicted octanol–water partition coefficient (Wildman–Crippen LogP) is -0.300. The van der Waals surface area contributed by atoms with Crippen LogP contribution in [0.3, 0.4) is 0 Å². The Labute approximate surface area is 106 Å². The summed E-state index contributed by atoms with van der Waals surface area (Å²) in [5.74, 6) is 0. The standard InChI is InChI=1S/C10H17N3O4S/c1-7-9(3-4-17-7)13(2)18(15,16)10-8(6-14)5-11-12-10/h5,7,9,14H,3-4,6H2,1-2H3,(H,11,12). The third-order valence-corrected chi connectivity index (χ3v) is 5.19. The largest absolute Gasteiger partial charge is 0.392 e. The summed E-state index contributed by atoms with van der Waals surface area (Å²) in [6.07, 6.45) is 1.85. The van der Waals surface area contributed by atoms with Crippen molar-refractivity contribution < 1.29 is 18.3 Å². The third kappa shape index (κ3) is 2.16. The molecule has 2 N–H and O–H groups in total. The average molecular weight is 275 g/mol. The van der Waals surface area contributed by atoms with Gasteiger partial charge in [-0.05, 0) is 13.3 Å². The Morgan fingerprint density at radius 3 is 2.94 bits per heavy atom. The maximum Gasteiger partial charge on any atom is 0.260 e. The Bertz CT molecular complexity index is 513. The number of hydrogen-bond donors (Lipinski definition) is 2. The van der Waals surface area contributed by atoms with E-state index in [-0.39, 0.29) is 29.3 Å². The molecule has 0 saturated carbocycles. The van der Waals surface area contributed by atoms with E-state index in [9.17, 15) is 8.42 Å². The van der Waals surface area contributed by atoms with Gasteiger partial charge in [0.25, 0.3) is 10.0 Å². The zero-order valence-corrected chi connectivity index (χ0v) is 11.1. The van der Waals surface area contributed by atoms with E-state index in [1.807, 2.05) is 6.92 Å². The van der Waals surface area contributed by atoms with E-state index in [4.69, 9.17) is 9.84 Å². The molecule has 1 aliphatic rings. The number of ether oxygens (including phenoxy) is 1. The van der Waals surface area contributed by atoms with Crippen LogP contribution in [0, 0.1) is 0 Å². The summed E-state index contributed by atoms with van der Waals surface area (Å²) in [7, 11) is -2.16. The highest BCUT2D eigenvalue weighted by Gasteiger charge is 2.36. The number of rotatable bonds is 4. The number of nitrogens with one attached hydrogen (secondary N) is 1. The Balaban J connectivity index is 2.31. The number of sulfonamides is 1. The van der Waals surface area contributed by atoms with Crippen LogP contribution in [0.1, 0.15) is 18.9 Å². The van der Waals surface area contributed by atoms with Crippen molar-refractivity contribution in [3.05, 3.63) is 11.8 Å². The van der Waals surface area contributed by atoms with Crippen LogP contribution in [0.25, 0.3) is 0 Å². The van der Waals surface area contributed by atoms with Crippen molar-refractivity contribution in [2.24, 2.45) is 0 Å². The number of likely N-dealkylation sites (N-methyl/N-ethyl adjacent to an activating group) is 1. The first-order valence-electron chi connectivity index (χ1n) is 5.71. The lowest BCUT2D eigenvalue weighted by Gasteiger charge is -2.25. The molecule has 1 aromatic rings.